The van der Waals surface area contributed by atoms with E-state index >= 15 is 0 Å². The van der Waals surface area contributed by atoms with Gasteiger partial charge in [-0.25, -0.2) is 4.90 Å². The third-order valence-electron chi connectivity index (χ3n) is 9.40. The predicted octanol–water partition coefficient (Wildman–Crippen LogP) is 5.49. The van der Waals surface area contributed by atoms with Gasteiger partial charge in [-0.3, -0.25) is 28.3 Å². The number of hydrogen-bond donors (Lipinski definition) is 3. The number of allylic oxidation sites excluding steroid dienone is 6. The molecule has 280 valence electrons. The Morgan fingerprint density at radius 1 is 0.885 bits per heavy atom. The molecule has 0 saturated carbocycles. The van der Waals surface area contributed by atoms with Crippen LogP contribution in [0.5, 0.6) is 0 Å². The van der Waals surface area contributed by atoms with E-state index < -0.39 is 48.8 Å². The first-order chi connectivity index (χ1) is 24.2. The number of nitrogens with one attached hydrogen (secondary N) is 1. The maximum Gasteiger partial charge on any atom is 0.294 e. The number of hydrogen-bond acceptors (Lipinski definition) is 10. The van der Waals surface area contributed by atoms with E-state index in [1.165, 1.54) is 36.4 Å². The fraction of sp³-hybridized carbons (Fsp3) is 0.405. The van der Waals surface area contributed by atoms with E-state index in [1.54, 1.807) is 38.1 Å². The fourth-order valence-electron chi connectivity index (χ4n) is 6.49. The topological polar surface area (TPSA) is 196 Å². The highest BCUT2D eigenvalue weighted by Crippen LogP contribution is 2.48. The van der Waals surface area contributed by atoms with Crippen LogP contribution in [0.25, 0.3) is 0 Å². The molecule has 2 aromatic rings. The molecule has 52 heavy (non-hydrogen) atoms. The molecule has 0 radical (unpaired) electrons. The summed E-state index contributed by atoms with van der Waals surface area (Å²) in [6.45, 7) is 10.0. The van der Waals surface area contributed by atoms with Crippen molar-refractivity contribution in [1.82, 2.24) is 4.90 Å². The van der Waals surface area contributed by atoms with E-state index in [1.807, 2.05) is 31.7 Å². The maximum absolute atomic E-state index is 13.4. The summed E-state index contributed by atoms with van der Waals surface area (Å²) in [7, 11) is -8.96. The van der Waals surface area contributed by atoms with E-state index in [9.17, 15) is 45.1 Å². The van der Waals surface area contributed by atoms with Crippen molar-refractivity contribution in [3.63, 3.8) is 0 Å². The number of carbonyl (C=O) groups is 4. The van der Waals surface area contributed by atoms with Gasteiger partial charge in [0.25, 0.3) is 20.2 Å². The monoisotopic (exact) mass is 755 g/mol. The molecular weight excluding hydrogens is 711 g/mol. The molecule has 0 bridgehead atoms. The number of unbranched alkanes of at least 4 members (excludes halogenated alkanes) is 2. The van der Waals surface area contributed by atoms with E-state index in [0.29, 0.717) is 49.2 Å². The number of likely N-dealkylation sites (tertiary alicyclic amines) is 1. The van der Waals surface area contributed by atoms with Crippen molar-refractivity contribution in [2.24, 2.45) is 0 Å². The molecule has 1 fully saturated rings. The number of carbonyl (C=O) groups excluding carboxylic acids is 4. The van der Waals surface area contributed by atoms with Crippen LogP contribution >= 0.6 is 0 Å². The molecule has 0 aromatic heterocycles. The Kier molecular flexibility index (Phi) is 12.1. The van der Waals surface area contributed by atoms with Crippen LogP contribution in [0, 0.1) is 0 Å². The zero-order valence-corrected chi connectivity index (χ0v) is 31.5. The largest absolute Gasteiger partial charge is 0.385 e. The molecule has 3 amide bonds. The van der Waals surface area contributed by atoms with Gasteiger partial charge in [0.15, 0.2) is 5.78 Å². The normalized spacial score (nSPS) is 17.2. The minimum absolute atomic E-state index is 0.0490. The number of ketones is 1. The molecule has 2 heterocycles. The van der Waals surface area contributed by atoms with Crippen molar-refractivity contribution in [1.29, 1.82) is 0 Å². The zero-order valence-electron chi connectivity index (χ0n) is 29.9. The van der Waals surface area contributed by atoms with Crippen molar-refractivity contribution in [2.45, 2.75) is 93.8 Å². The Morgan fingerprint density at radius 2 is 1.50 bits per heavy atom. The molecule has 4 rings (SSSR count). The molecular formula is C37H45N3O10S2. The maximum atomic E-state index is 13.4. The van der Waals surface area contributed by atoms with Crippen LogP contribution in [0.15, 0.2) is 82.3 Å². The second-order valence-corrected chi connectivity index (χ2v) is 16.6. The molecule has 2 aliphatic rings. The summed E-state index contributed by atoms with van der Waals surface area (Å²) in [4.78, 5) is 51.9. The summed E-state index contributed by atoms with van der Waals surface area (Å²) >= 11 is 0. The third-order valence-corrected chi connectivity index (χ3v) is 11.1. The van der Waals surface area contributed by atoms with Gasteiger partial charge in [-0.1, -0.05) is 38.5 Å². The predicted molar refractivity (Wildman–Crippen MR) is 196 cm³/mol. The lowest BCUT2D eigenvalue weighted by Crippen LogP contribution is -2.35. The minimum Gasteiger partial charge on any atom is -0.385 e. The van der Waals surface area contributed by atoms with Gasteiger partial charge >= 0.3 is 0 Å². The molecule has 0 aliphatic carbocycles. The van der Waals surface area contributed by atoms with E-state index in [2.05, 4.69) is 5.32 Å². The average Bonchev–Trinajstić information content (AvgIpc) is 3.50. The number of rotatable bonds is 15. The Labute approximate surface area is 305 Å². The highest BCUT2D eigenvalue weighted by molar-refractivity contribution is 7.86. The van der Waals surface area contributed by atoms with Crippen LogP contribution in [-0.4, -0.2) is 67.4 Å². The average molecular weight is 756 g/mol. The Hall–Kier alpha value is -4.44. The van der Waals surface area contributed by atoms with Crippen molar-refractivity contribution in [3.8, 4) is 0 Å². The molecule has 3 N–H and O–H groups in total. The standard InChI is InChI=1S/C37H45N3O10S2/c1-6-38-29-18-16-25(51(45,46)47)23-27(29)37(4,5)32(41)14-10-7-9-13-31-36(2,3)28-24-26(52(48,49)50)17-19-30(28)39(31)22-12-8-11-15-33(42)40-34(43)20-21-35(40)44/h7,9-10,13-14,16-19,23-24,38H,6,8,11-12,15,20-22H2,1-5H3,(H,45,46,47)(H,48,49,50)/b9-7+,14-10+,31-13+. The van der Waals surface area contributed by atoms with Crippen LogP contribution in [0.3, 0.4) is 0 Å². The van der Waals surface area contributed by atoms with Crippen molar-refractivity contribution < 1.29 is 45.1 Å². The third kappa shape index (κ3) is 8.77. The fourth-order valence-corrected chi connectivity index (χ4v) is 7.50. The lowest BCUT2D eigenvalue weighted by atomic mass is 9.79. The first kappa shape index (κ1) is 40.3. The number of anilines is 2. The van der Waals surface area contributed by atoms with Gasteiger partial charge in [-0.05, 0) is 93.3 Å². The number of amides is 3. The van der Waals surface area contributed by atoms with E-state index in [0.717, 1.165) is 16.3 Å². The molecule has 0 spiro atoms. The first-order valence-electron chi connectivity index (χ1n) is 16.9. The van der Waals surface area contributed by atoms with Crippen molar-refractivity contribution >= 4 is 55.1 Å². The minimum atomic E-state index is -4.50. The highest BCUT2D eigenvalue weighted by atomic mass is 32.2. The van der Waals surface area contributed by atoms with E-state index in [-0.39, 0.29) is 34.8 Å². The summed E-state index contributed by atoms with van der Waals surface area (Å²) < 4.78 is 66.9. The smallest absolute Gasteiger partial charge is 0.294 e. The van der Waals surface area contributed by atoms with Crippen LogP contribution < -0.4 is 10.2 Å². The summed E-state index contributed by atoms with van der Waals surface area (Å²) in [5.41, 5.74) is 1.34. The van der Waals surface area contributed by atoms with Gasteiger partial charge in [0.05, 0.1) is 15.2 Å². The molecule has 2 aromatic carbocycles. The second kappa shape index (κ2) is 15.7. The Bertz CT molecular complexity index is 2060. The van der Waals surface area contributed by atoms with Crippen LogP contribution in [0.4, 0.5) is 11.4 Å². The number of fused-ring (bicyclic) bond motifs is 1. The summed E-state index contributed by atoms with van der Waals surface area (Å²) in [5.74, 6) is -1.75. The van der Waals surface area contributed by atoms with Crippen molar-refractivity contribution in [3.05, 3.63) is 83.6 Å². The molecule has 0 unspecified atom stereocenters. The molecule has 1 saturated heterocycles. The number of imide groups is 3. The van der Waals surface area contributed by atoms with Gasteiger partial charge in [0.2, 0.25) is 17.7 Å². The van der Waals surface area contributed by atoms with Crippen molar-refractivity contribution in [2.75, 3.05) is 23.3 Å². The first-order valence-corrected chi connectivity index (χ1v) is 19.8. The lowest BCUT2D eigenvalue weighted by Gasteiger charge is -2.27. The van der Waals surface area contributed by atoms with Crippen LogP contribution in [-0.2, 0) is 50.2 Å². The second-order valence-electron chi connectivity index (χ2n) is 13.8. The number of benzene rings is 2. The molecule has 0 atom stereocenters. The SMILES string of the molecule is CCNc1ccc(S(=O)(=O)O)cc1C(C)(C)C(=O)/C=C/C=C/C=C1/N(CCCCCC(=O)N2C(=O)CCC2=O)c2ccc(S(=O)(=O)O)cc2C1(C)C. The van der Waals surface area contributed by atoms with Gasteiger partial charge in [0, 0.05) is 54.8 Å². The molecule has 13 nitrogen and oxygen atoms in total. The Balaban J connectivity index is 1.54. The quantitative estimate of drug-likeness (QED) is 0.0681. The van der Waals surface area contributed by atoms with Gasteiger partial charge in [-0.15, -0.1) is 0 Å². The zero-order chi connectivity index (χ0) is 38.6. The van der Waals surface area contributed by atoms with Gasteiger partial charge in [-0.2, -0.15) is 16.8 Å². The summed E-state index contributed by atoms with van der Waals surface area (Å²) in [6, 6.07) is 8.48. The summed E-state index contributed by atoms with van der Waals surface area (Å²) in [5, 5.41) is 3.13. The van der Waals surface area contributed by atoms with Gasteiger partial charge in [0.1, 0.15) is 0 Å². The number of nitrogens with zero attached hydrogens (tertiary/aromatic N) is 2. The lowest BCUT2D eigenvalue weighted by molar-refractivity contribution is -0.149. The van der Waals surface area contributed by atoms with Gasteiger partial charge < -0.3 is 10.2 Å². The van der Waals surface area contributed by atoms with Crippen LogP contribution in [0.2, 0.25) is 0 Å². The Morgan fingerprint density at radius 3 is 2.12 bits per heavy atom. The molecule has 15 heteroatoms. The van der Waals surface area contributed by atoms with Crippen LogP contribution in [0.1, 0.15) is 84.3 Å². The molecule has 2 aliphatic heterocycles. The van der Waals surface area contributed by atoms with E-state index in [4.69, 9.17) is 0 Å². The highest BCUT2D eigenvalue weighted by Gasteiger charge is 2.40. The summed E-state index contributed by atoms with van der Waals surface area (Å²) in [6.07, 6.45) is 10.0.